The highest BCUT2D eigenvalue weighted by molar-refractivity contribution is 5.90. The van der Waals surface area contributed by atoms with Gasteiger partial charge in [-0.3, -0.25) is 9.48 Å². The molecule has 140 valence electrons. The van der Waals surface area contributed by atoms with Crippen molar-refractivity contribution in [2.24, 2.45) is 7.05 Å². The van der Waals surface area contributed by atoms with Crippen molar-refractivity contribution < 1.29 is 9.53 Å². The quantitative estimate of drug-likeness (QED) is 0.707. The van der Waals surface area contributed by atoms with Gasteiger partial charge in [-0.1, -0.05) is 18.2 Å². The Kier molecular flexibility index (Phi) is 4.49. The van der Waals surface area contributed by atoms with Crippen molar-refractivity contribution in [3.8, 4) is 5.69 Å². The van der Waals surface area contributed by atoms with Gasteiger partial charge >= 0.3 is 0 Å². The van der Waals surface area contributed by atoms with E-state index in [9.17, 15) is 4.79 Å². The van der Waals surface area contributed by atoms with E-state index in [-0.39, 0.29) is 17.8 Å². The molecule has 4 rings (SSSR count). The zero-order valence-electron chi connectivity index (χ0n) is 15.7. The van der Waals surface area contributed by atoms with Crippen LogP contribution in [0.2, 0.25) is 0 Å². The smallest absolute Gasteiger partial charge is 0.294 e. The van der Waals surface area contributed by atoms with E-state index in [1.807, 2.05) is 48.9 Å². The lowest BCUT2D eigenvalue weighted by Crippen LogP contribution is -2.44. The molecular formula is C19H22N6O2. The molecule has 1 amide bonds. The van der Waals surface area contributed by atoms with Crippen LogP contribution in [0.3, 0.4) is 0 Å². The number of hydrogen-bond donors (Lipinski definition) is 0. The Bertz CT molecular complexity index is 962. The summed E-state index contributed by atoms with van der Waals surface area (Å²) in [4.78, 5) is 18.9. The maximum atomic E-state index is 13.0. The zero-order valence-corrected chi connectivity index (χ0v) is 15.7. The summed E-state index contributed by atoms with van der Waals surface area (Å²) in [7, 11) is 1.75. The fourth-order valence-electron chi connectivity index (χ4n) is 3.61. The van der Waals surface area contributed by atoms with Crippen LogP contribution in [0.1, 0.15) is 33.6 Å². The van der Waals surface area contributed by atoms with Gasteiger partial charge in [0, 0.05) is 24.8 Å². The van der Waals surface area contributed by atoms with Crippen LogP contribution in [0.25, 0.3) is 5.69 Å². The van der Waals surface area contributed by atoms with E-state index in [0.717, 1.165) is 22.6 Å². The van der Waals surface area contributed by atoms with E-state index in [0.29, 0.717) is 19.8 Å². The molecule has 1 aliphatic heterocycles. The van der Waals surface area contributed by atoms with Gasteiger partial charge < -0.3 is 9.64 Å². The first kappa shape index (κ1) is 17.4. The third kappa shape index (κ3) is 3.12. The van der Waals surface area contributed by atoms with Crippen LogP contribution in [0.5, 0.6) is 0 Å². The lowest BCUT2D eigenvalue weighted by molar-refractivity contribution is -0.00368. The van der Waals surface area contributed by atoms with Crippen LogP contribution in [-0.2, 0) is 11.8 Å². The summed E-state index contributed by atoms with van der Waals surface area (Å²) in [6.45, 7) is 5.43. The molecule has 0 N–H and O–H groups in total. The number of carbonyl (C=O) groups excluding carboxylic acids is 1. The van der Waals surface area contributed by atoms with Gasteiger partial charge in [-0.05, 0) is 26.0 Å². The van der Waals surface area contributed by atoms with Crippen LogP contribution >= 0.6 is 0 Å². The van der Waals surface area contributed by atoms with Gasteiger partial charge in [0.2, 0.25) is 5.82 Å². The summed E-state index contributed by atoms with van der Waals surface area (Å²) in [5, 5.41) is 8.88. The van der Waals surface area contributed by atoms with Crippen molar-refractivity contribution in [2.45, 2.75) is 19.9 Å². The third-order valence-corrected chi connectivity index (χ3v) is 4.86. The number of aromatic nitrogens is 5. The molecule has 3 heterocycles. The molecule has 27 heavy (non-hydrogen) atoms. The van der Waals surface area contributed by atoms with Crippen LogP contribution in [0, 0.1) is 13.8 Å². The number of nitrogens with zero attached hydrogens (tertiary/aromatic N) is 6. The van der Waals surface area contributed by atoms with Crippen molar-refractivity contribution in [3.63, 3.8) is 0 Å². The SMILES string of the molecule is Cc1nn(-c2ccccc2)c(C)c1C1COCCN1C(=O)c1ncn(C)n1. The van der Waals surface area contributed by atoms with Crippen molar-refractivity contribution >= 4 is 5.91 Å². The molecule has 1 unspecified atom stereocenters. The fraction of sp³-hybridized carbons (Fsp3) is 0.368. The molecule has 1 aromatic carbocycles. The number of hydrogen-bond acceptors (Lipinski definition) is 5. The van der Waals surface area contributed by atoms with E-state index in [1.54, 1.807) is 11.9 Å². The Morgan fingerprint density at radius 2 is 1.96 bits per heavy atom. The molecule has 0 saturated carbocycles. The Morgan fingerprint density at radius 1 is 1.19 bits per heavy atom. The van der Waals surface area contributed by atoms with E-state index in [2.05, 4.69) is 10.1 Å². The van der Waals surface area contributed by atoms with Crippen molar-refractivity contribution in [3.05, 3.63) is 59.4 Å². The molecule has 0 aliphatic carbocycles. The minimum atomic E-state index is -0.215. The number of para-hydroxylation sites is 1. The molecule has 3 aromatic rings. The molecule has 0 bridgehead atoms. The number of amides is 1. The fourth-order valence-corrected chi connectivity index (χ4v) is 3.61. The van der Waals surface area contributed by atoms with Crippen LogP contribution in [-0.4, -0.2) is 55.1 Å². The van der Waals surface area contributed by atoms with E-state index in [4.69, 9.17) is 9.84 Å². The number of rotatable bonds is 3. The monoisotopic (exact) mass is 366 g/mol. The number of morpholine rings is 1. The summed E-state index contributed by atoms with van der Waals surface area (Å²) in [6, 6.07) is 9.76. The van der Waals surface area contributed by atoms with Gasteiger partial charge in [-0.25, -0.2) is 9.67 Å². The maximum absolute atomic E-state index is 13.0. The molecule has 8 heteroatoms. The van der Waals surface area contributed by atoms with Crippen molar-refractivity contribution in [1.29, 1.82) is 0 Å². The number of ether oxygens (including phenoxy) is 1. The molecule has 1 saturated heterocycles. The summed E-state index contributed by atoms with van der Waals surface area (Å²) < 4.78 is 9.16. The number of aryl methyl sites for hydroxylation is 2. The van der Waals surface area contributed by atoms with Gasteiger partial charge in [-0.15, -0.1) is 5.10 Å². The first-order chi connectivity index (χ1) is 13.1. The van der Waals surface area contributed by atoms with Gasteiger partial charge in [0.25, 0.3) is 5.91 Å². The number of benzene rings is 1. The third-order valence-electron chi connectivity index (χ3n) is 4.86. The van der Waals surface area contributed by atoms with Gasteiger partial charge in [-0.2, -0.15) is 5.10 Å². The lowest BCUT2D eigenvalue weighted by atomic mass is 10.0. The lowest BCUT2D eigenvalue weighted by Gasteiger charge is -2.35. The zero-order chi connectivity index (χ0) is 19.0. The summed E-state index contributed by atoms with van der Waals surface area (Å²) in [5.74, 6) is 0.0188. The first-order valence-corrected chi connectivity index (χ1v) is 8.92. The molecule has 1 aliphatic rings. The van der Waals surface area contributed by atoms with Crippen molar-refractivity contribution in [2.75, 3.05) is 19.8 Å². The minimum absolute atomic E-state index is 0.185. The standard InChI is InChI=1S/C19H22N6O2/c1-13-17(14(2)25(21-13)15-7-5-4-6-8-15)16-11-27-10-9-24(16)19(26)18-20-12-23(3)22-18/h4-8,12,16H,9-11H2,1-3H3. The Morgan fingerprint density at radius 3 is 2.67 bits per heavy atom. The molecule has 0 radical (unpaired) electrons. The number of carbonyl (C=O) groups is 1. The molecule has 1 fully saturated rings. The second kappa shape index (κ2) is 6.96. The summed E-state index contributed by atoms with van der Waals surface area (Å²) in [6.07, 6.45) is 1.53. The van der Waals surface area contributed by atoms with E-state index >= 15 is 0 Å². The van der Waals surface area contributed by atoms with Gasteiger partial charge in [0.05, 0.1) is 30.6 Å². The highest BCUT2D eigenvalue weighted by atomic mass is 16.5. The topological polar surface area (TPSA) is 78.1 Å². The maximum Gasteiger partial charge on any atom is 0.294 e. The molecular weight excluding hydrogens is 344 g/mol. The minimum Gasteiger partial charge on any atom is -0.377 e. The summed E-state index contributed by atoms with van der Waals surface area (Å²) >= 11 is 0. The predicted octanol–water partition coefficient (Wildman–Crippen LogP) is 1.83. The van der Waals surface area contributed by atoms with Crippen LogP contribution in [0.4, 0.5) is 0 Å². The van der Waals surface area contributed by atoms with Crippen LogP contribution < -0.4 is 0 Å². The summed E-state index contributed by atoms with van der Waals surface area (Å²) in [5.41, 5.74) is 3.90. The predicted molar refractivity (Wildman–Crippen MR) is 98.6 cm³/mol. The van der Waals surface area contributed by atoms with Gasteiger partial charge in [0.1, 0.15) is 6.33 Å². The Labute approximate surface area is 157 Å². The average molecular weight is 366 g/mol. The average Bonchev–Trinajstić information content (AvgIpc) is 3.25. The highest BCUT2D eigenvalue weighted by Crippen LogP contribution is 2.31. The Balaban J connectivity index is 1.72. The van der Waals surface area contributed by atoms with E-state index in [1.165, 1.54) is 11.0 Å². The molecule has 1 atom stereocenters. The Hall–Kier alpha value is -3.00. The normalized spacial score (nSPS) is 17.3. The molecule has 2 aromatic heterocycles. The largest absolute Gasteiger partial charge is 0.377 e. The first-order valence-electron chi connectivity index (χ1n) is 8.92. The molecule has 8 nitrogen and oxygen atoms in total. The van der Waals surface area contributed by atoms with Crippen LogP contribution in [0.15, 0.2) is 36.7 Å². The molecule has 0 spiro atoms. The van der Waals surface area contributed by atoms with E-state index < -0.39 is 0 Å². The van der Waals surface area contributed by atoms with Crippen molar-refractivity contribution in [1.82, 2.24) is 29.4 Å². The highest BCUT2D eigenvalue weighted by Gasteiger charge is 2.34. The second-order valence-corrected chi connectivity index (χ2v) is 6.66. The van der Waals surface area contributed by atoms with Gasteiger partial charge in [0.15, 0.2) is 0 Å². The second-order valence-electron chi connectivity index (χ2n) is 6.66.